The SMILES string of the molecule is C#CC[C@H]1CCC2C3CCc4cc(O)c(CC)cc4C3CC[C@@]21C. The lowest BCUT2D eigenvalue weighted by Gasteiger charge is -2.51. The summed E-state index contributed by atoms with van der Waals surface area (Å²) in [4.78, 5) is 0. The first kappa shape index (κ1) is 16.1. The molecule has 0 radical (unpaired) electrons. The molecule has 0 aliphatic heterocycles. The van der Waals surface area contributed by atoms with Crippen LogP contribution in [0.3, 0.4) is 0 Å². The molecule has 0 heterocycles. The van der Waals surface area contributed by atoms with Crippen LogP contribution >= 0.6 is 0 Å². The third-order valence-electron chi connectivity index (χ3n) is 7.87. The Morgan fingerprint density at radius 2 is 2.08 bits per heavy atom. The molecule has 2 saturated carbocycles. The van der Waals surface area contributed by atoms with Gasteiger partial charge < -0.3 is 5.11 Å². The highest BCUT2D eigenvalue weighted by Gasteiger charge is 2.54. The Morgan fingerprint density at radius 3 is 2.83 bits per heavy atom. The van der Waals surface area contributed by atoms with E-state index in [9.17, 15) is 5.11 Å². The van der Waals surface area contributed by atoms with Crippen LogP contribution in [0.25, 0.3) is 0 Å². The van der Waals surface area contributed by atoms with Crippen LogP contribution in [0.1, 0.15) is 75.0 Å². The molecule has 2 fully saturated rings. The number of hydrogen-bond donors (Lipinski definition) is 1. The first-order valence-electron chi connectivity index (χ1n) is 9.86. The fourth-order valence-electron chi connectivity index (χ4n) is 6.53. The van der Waals surface area contributed by atoms with Crippen LogP contribution in [0.5, 0.6) is 5.75 Å². The van der Waals surface area contributed by atoms with Gasteiger partial charge in [0, 0.05) is 6.42 Å². The zero-order valence-electron chi connectivity index (χ0n) is 15.1. The van der Waals surface area contributed by atoms with E-state index in [1.807, 2.05) is 0 Å². The molecule has 1 aromatic carbocycles. The van der Waals surface area contributed by atoms with Crippen LogP contribution in [0.2, 0.25) is 0 Å². The summed E-state index contributed by atoms with van der Waals surface area (Å²) in [5.74, 6) is 6.58. The van der Waals surface area contributed by atoms with Gasteiger partial charge in [0.1, 0.15) is 5.75 Å². The molecule has 3 unspecified atom stereocenters. The van der Waals surface area contributed by atoms with Gasteiger partial charge in [0.25, 0.3) is 0 Å². The Kier molecular flexibility index (Phi) is 3.91. The smallest absolute Gasteiger partial charge is 0.119 e. The Bertz CT molecular complexity index is 682. The van der Waals surface area contributed by atoms with E-state index in [1.54, 1.807) is 5.56 Å². The number of phenols is 1. The van der Waals surface area contributed by atoms with Gasteiger partial charge in [0.15, 0.2) is 0 Å². The second kappa shape index (κ2) is 5.83. The normalized spacial score (nSPS) is 37.2. The van der Waals surface area contributed by atoms with E-state index in [0.29, 0.717) is 17.1 Å². The van der Waals surface area contributed by atoms with Gasteiger partial charge in [0.2, 0.25) is 0 Å². The van der Waals surface area contributed by atoms with Gasteiger partial charge in [0.05, 0.1) is 0 Å². The lowest BCUT2D eigenvalue weighted by molar-refractivity contribution is 0.0298. The van der Waals surface area contributed by atoms with Crippen LogP contribution in [-0.2, 0) is 12.8 Å². The predicted molar refractivity (Wildman–Crippen MR) is 99.0 cm³/mol. The van der Waals surface area contributed by atoms with Crippen LogP contribution in [0, 0.1) is 35.5 Å². The van der Waals surface area contributed by atoms with Gasteiger partial charge in [-0.25, -0.2) is 0 Å². The highest BCUT2D eigenvalue weighted by molar-refractivity contribution is 5.45. The van der Waals surface area contributed by atoms with Crippen molar-refractivity contribution < 1.29 is 5.11 Å². The lowest BCUT2D eigenvalue weighted by atomic mass is 9.54. The van der Waals surface area contributed by atoms with Crippen molar-refractivity contribution in [1.29, 1.82) is 0 Å². The molecule has 0 saturated heterocycles. The molecule has 3 aliphatic rings. The van der Waals surface area contributed by atoms with Crippen molar-refractivity contribution >= 4 is 0 Å². The summed E-state index contributed by atoms with van der Waals surface area (Å²) in [5, 5.41) is 10.2. The van der Waals surface area contributed by atoms with Crippen LogP contribution in [-0.4, -0.2) is 5.11 Å². The second-order valence-electron chi connectivity index (χ2n) is 8.68. The van der Waals surface area contributed by atoms with Gasteiger partial charge in [-0.05, 0) is 96.8 Å². The van der Waals surface area contributed by atoms with Gasteiger partial charge in [-0.3, -0.25) is 0 Å². The summed E-state index contributed by atoms with van der Waals surface area (Å²) in [5.41, 5.74) is 4.56. The van der Waals surface area contributed by atoms with E-state index in [-0.39, 0.29) is 0 Å². The summed E-state index contributed by atoms with van der Waals surface area (Å²) in [6.45, 7) is 4.67. The first-order valence-corrected chi connectivity index (χ1v) is 9.86. The Hall–Kier alpha value is -1.42. The van der Waals surface area contributed by atoms with E-state index in [4.69, 9.17) is 6.42 Å². The minimum absolute atomic E-state index is 0.468. The molecule has 0 aromatic heterocycles. The maximum Gasteiger partial charge on any atom is 0.119 e. The largest absolute Gasteiger partial charge is 0.508 e. The average molecular weight is 322 g/mol. The van der Waals surface area contributed by atoms with Crippen LogP contribution in [0.4, 0.5) is 0 Å². The maximum absolute atomic E-state index is 10.2. The molecule has 1 nitrogen and oxygen atoms in total. The molecule has 1 N–H and O–H groups in total. The standard InChI is InChI=1S/C23H30O/c1-4-6-17-8-10-21-19-9-7-16-14-22(24)15(5-2)13-20(16)18(19)11-12-23(17,21)3/h1,13-14,17-19,21,24H,5-12H2,2-3H3/t17-,18?,19?,21?,23+/m0/s1. The molecule has 0 amide bonds. The van der Waals surface area contributed by atoms with Crippen molar-refractivity contribution in [2.75, 3.05) is 0 Å². The highest BCUT2D eigenvalue weighted by atomic mass is 16.3. The monoisotopic (exact) mass is 322 g/mol. The third kappa shape index (κ3) is 2.22. The van der Waals surface area contributed by atoms with Gasteiger partial charge in [-0.2, -0.15) is 0 Å². The Balaban J connectivity index is 1.68. The summed E-state index contributed by atoms with van der Waals surface area (Å²) in [6.07, 6.45) is 15.3. The number of aromatic hydroxyl groups is 1. The van der Waals surface area contributed by atoms with Crippen molar-refractivity contribution in [2.45, 2.75) is 71.1 Å². The zero-order valence-corrected chi connectivity index (χ0v) is 15.1. The molecule has 24 heavy (non-hydrogen) atoms. The van der Waals surface area contributed by atoms with Crippen molar-refractivity contribution in [3.63, 3.8) is 0 Å². The van der Waals surface area contributed by atoms with Crippen molar-refractivity contribution in [1.82, 2.24) is 0 Å². The molecule has 128 valence electrons. The van der Waals surface area contributed by atoms with E-state index in [2.05, 4.69) is 31.9 Å². The number of aryl methyl sites for hydroxylation is 2. The molecule has 3 aliphatic carbocycles. The molecule has 5 atom stereocenters. The fourth-order valence-corrected chi connectivity index (χ4v) is 6.53. The van der Waals surface area contributed by atoms with Gasteiger partial charge in [-0.15, -0.1) is 12.3 Å². The van der Waals surface area contributed by atoms with E-state index < -0.39 is 0 Å². The summed E-state index contributed by atoms with van der Waals surface area (Å²) >= 11 is 0. The molecule has 0 spiro atoms. The van der Waals surface area contributed by atoms with Gasteiger partial charge >= 0.3 is 0 Å². The van der Waals surface area contributed by atoms with Crippen LogP contribution in [0.15, 0.2) is 12.1 Å². The van der Waals surface area contributed by atoms with Gasteiger partial charge in [-0.1, -0.05) is 19.9 Å². The quantitative estimate of drug-likeness (QED) is 0.718. The predicted octanol–water partition coefficient (Wildman–Crippen LogP) is 5.45. The number of benzene rings is 1. The number of phenolic OH excluding ortho intramolecular Hbond substituents is 1. The Labute approximate surface area is 146 Å². The molecular weight excluding hydrogens is 292 g/mol. The fraction of sp³-hybridized carbons (Fsp3) is 0.652. The van der Waals surface area contributed by atoms with E-state index in [1.165, 1.54) is 37.7 Å². The minimum atomic E-state index is 0.468. The lowest BCUT2D eigenvalue weighted by Crippen LogP contribution is -2.42. The highest BCUT2D eigenvalue weighted by Crippen LogP contribution is 2.63. The molecule has 1 heteroatoms. The van der Waals surface area contributed by atoms with E-state index >= 15 is 0 Å². The summed E-state index contributed by atoms with van der Waals surface area (Å²) in [7, 11) is 0. The van der Waals surface area contributed by atoms with E-state index in [0.717, 1.165) is 42.6 Å². The Morgan fingerprint density at radius 1 is 1.25 bits per heavy atom. The minimum Gasteiger partial charge on any atom is -0.508 e. The first-order chi connectivity index (χ1) is 11.6. The van der Waals surface area contributed by atoms with Crippen molar-refractivity contribution in [2.24, 2.45) is 23.2 Å². The number of terminal acetylenes is 1. The second-order valence-corrected chi connectivity index (χ2v) is 8.68. The molecular formula is C23H30O. The summed E-state index contributed by atoms with van der Waals surface area (Å²) < 4.78 is 0. The summed E-state index contributed by atoms with van der Waals surface area (Å²) in [6, 6.07) is 4.39. The zero-order chi connectivity index (χ0) is 16.9. The molecule has 1 aromatic rings. The van der Waals surface area contributed by atoms with Crippen molar-refractivity contribution in [3.05, 3.63) is 28.8 Å². The van der Waals surface area contributed by atoms with Crippen LogP contribution < -0.4 is 0 Å². The van der Waals surface area contributed by atoms with Crippen molar-refractivity contribution in [3.8, 4) is 18.1 Å². The average Bonchev–Trinajstić information content (AvgIpc) is 2.91. The number of hydrogen-bond acceptors (Lipinski definition) is 1. The maximum atomic E-state index is 10.2. The third-order valence-corrected chi connectivity index (χ3v) is 7.87. The molecule has 0 bridgehead atoms. The number of rotatable bonds is 2. The number of fused-ring (bicyclic) bond motifs is 5. The molecule has 4 rings (SSSR count). The topological polar surface area (TPSA) is 20.2 Å².